The van der Waals surface area contributed by atoms with Gasteiger partial charge in [0.25, 0.3) is 5.91 Å². The van der Waals surface area contributed by atoms with Crippen LogP contribution in [0.5, 0.6) is 5.75 Å². The fourth-order valence-corrected chi connectivity index (χ4v) is 4.43. The second-order valence-electron chi connectivity index (χ2n) is 7.56. The van der Waals surface area contributed by atoms with Crippen molar-refractivity contribution < 1.29 is 23.5 Å². The molecular weight excluding hydrogens is 360 g/mol. The normalized spacial score (nSPS) is 24.6. The molecular formula is C21H20N2O5. The van der Waals surface area contributed by atoms with Crippen molar-refractivity contribution in [2.24, 2.45) is 11.8 Å². The zero-order valence-corrected chi connectivity index (χ0v) is 15.5. The average Bonchev–Trinajstić information content (AvgIpc) is 3.22. The Bertz CT molecular complexity index is 991. The number of furan rings is 1. The van der Waals surface area contributed by atoms with Gasteiger partial charge in [-0.3, -0.25) is 19.3 Å². The highest BCUT2D eigenvalue weighted by Gasteiger charge is 2.52. The summed E-state index contributed by atoms with van der Waals surface area (Å²) in [5, 5.41) is 0.793. The van der Waals surface area contributed by atoms with Crippen molar-refractivity contribution in [2.75, 3.05) is 20.2 Å². The van der Waals surface area contributed by atoms with E-state index in [9.17, 15) is 14.4 Å². The third-order valence-corrected chi connectivity index (χ3v) is 5.99. The maximum absolute atomic E-state index is 12.8. The van der Waals surface area contributed by atoms with Gasteiger partial charge < -0.3 is 14.1 Å². The van der Waals surface area contributed by atoms with Gasteiger partial charge in [-0.05, 0) is 25.0 Å². The second kappa shape index (κ2) is 6.22. The summed E-state index contributed by atoms with van der Waals surface area (Å²) >= 11 is 0. The van der Waals surface area contributed by atoms with Crippen LogP contribution in [0.2, 0.25) is 0 Å². The molecule has 3 amide bonds. The molecule has 0 bridgehead atoms. The number of carbonyl (C=O) groups is 3. The van der Waals surface area contributed by atoms with Crippen LogP contribution in [0.3, 0.4) is 0 Å². The number of hydrogen-bond acceptors (Lipinski definition) is 5. The van der Waals surface area contributed by atoms with Crippen molar-refractivity contribution in [1.29, 1.82) is 0 Å². The van der Waals surface area contributed by atoms with Crippen LogP contribution in [0.1, 0.15) is 23.4 Å². The number of carbonyl (C=O) groups excluding carboxylic acids is 3. The quantitative estimate of drug-likeness (QED) is 0.603. The Kier molecular flexibility index (Phi) is 3.79. The molecule has 2 aliphatic heterocycles. The molecule has 2 unspecified atom stereocenters. The molecule has 0 spiro atoms. The second-order valence-corrected chi connectivity index (χ2v) is 7.56. The number of likely N-dealkylation sites (tertiary alicyclic amines) is 2. The summed E-state index contributed by atoms with van der Waals surface area (Å²) in [7, 11) is 1.55. The minimum atomic E-state index is -0.243. The third kappa shape index (κ3) is 2.38. The fourth-order valence-electron chi connectivity index (χ4n) is 4.43. The van der Waals surface area contributed by atoms with Crippen molar-refractivity contribution in [1.82, 2.24) is 9.80 Å². The Morgan fingerprint density at radius 1 is 1.11 bits per heavy atom. The summed E-state index contributed by atoms with van der Waals surface area (Å²) in [4.78, 5) is 41.1. The number of methoxy groups -OCH3 is 1. The molecule has 3 heterocycles. The molecule has 7 nitrogen and oxygen atoms in total. The average molecular weight is 380 g/mol. The zero-order chi connectivity index (χ0) is 19.4. The van der Waals surface area contributed by atoms with Gasteiger partial charge >= 0.3 is 0 Å². The van der Waals surface area contributed by atoms with Crippen molar-refractivity contribution in [2.45, 2.75) is 18.9 Å². The van der Waals surface area contributed by atoms with E-state index in [1.165, 1.54) is 4.90 Å². The summed E-state index contributed by atoms with van der Waals surface area (Å²) < 4.78 is 11.0. The van der Waals surface area contributed by atoms with Crippen molar-refractivity contribution in [3.8, 4) is 5.75 Å². The SMILES string of the molecule is COc1cccc2cc(C(=O)N3CC(N4C(=O)C5CC=CCC5C4=O)C3)oc12. The number of rotatable bonds is 3. The highest BCUT2D eigenvalue weighted by atomic mass is 16.5. The van der Waals surface area contributed by atoms with Crippen LogP contribution < -0.4 is 4.74 Å². The molecule has 1 aromatic carbocycles. The molecule has 0 radical (unpaired) electrons. The molecule has 7 heteroatoms. The predicted molar refractivity (Wildman–Crippen MR) is 99.7 cm³/mol. The first kappa shape index (κ1) is 17.0. The van der Waals surface area contributed by atoms with E-state index in [-0.39, 0.29) is 41.4 Å². The molecule has 2 saturated heterocycles. The first-order valence-electron chi connectivity index (χ1n) is 9.46. The van der Waals surface area contributed by atoms with E-state index < -0.39 is 0 Å². The van der Waals surface area contributed by atoms with Crippen LogP contribution in [0.15, 0.2) is 40.8 Å². The number of amides is 3. The van der Waals surface area contributed by atoms with Gasteiger partial charge in [-0.1, -0.05) is 24.3 Å². The van der Waals surface area contributed by atoms with Gasteiger partial charge in [0.2, 0.25) is 11.8 Å². The highest BCUT2D eigenvalue weighted by molar-refractivity contribution is 6.06. The molecule has 2 fully saturated rings. The first-order chi connectivity index (χ1) is 13.6. The van der Waals surface area contributed by atoms with E-state index in [1.807, 2.05) is 24.3 Å². The van der Waals surface area contributed by atoms with Gasteiger partial charge in [0.15, 0.2) is 17.1 Å². The lowest BCUT2D eigenvalue weighted by atomic mass is 9.85. The zero-order valence-electron chi connectivity index (χ0n) is 15.5. The molecule has 1 aliphatic carbocycles. The molecule has 3 aliphatic rings. The van der Waals surface area contributed by atoms with Crippen molar-refractivity contribution in [3.63, 3.8) is 0 Å². The highest BCUT2D eigenvalue weighted by Crippen LogP contribution is 2.38. The topological polar surface area (TPSA) is 80.1 Å². The van der Waals surface area contributed by atoms with Gasteiger partial charge in [0.1, 0.15) is 0 Å². The van der Waals surface area contributed by atoms with Gasteiger partial charge in [0, 0.05) is 18.5 Å². The smallest absolute Gasteiger partial charge is 0.289 e. The molecule has 28 heavy (non-hydrogen) atoms. The molecule has 0 saturated carbocycles. The number of allylic oxidation sites excluding steroid dienone is 2. The Balaban J connectivity index is 1.30. The lowest BCUT2D eigenvalue weighted by molar-refractivity contribution is -0.145. The number of benzene rings is 1. The summed E-state index contributed by atoms with van der Waals surface area (Å²) in [6, 6.07) is 6.92. The standard InChI is InChI=1S/C21H20N2O5/c1-27-16-8-4-5-12-9-17(28-18(12)16)21(26)22-10-13(11-22)23-19(24)14-6-2-3-7-15(14)20(23)25/h2-5,8-9,13-15H,6-7,10-11H2,1H3. The monoisotopic (exact) mass is 380 g/mol. The summed E-state index contributed by atoms with van der Waals surface area (Å²) in [5.74, 6) is -0.0879. The Labute approximate surface area is 161 Å². The van der Waals surface area contributed by atoms with E-state index >= 15 is 0 Å². The first-order valence-corrected chi connectivity index (χ1v) is 9.46. The van der Waals surface area contributed by atoms with E-state index in [1.54, 1.807) is 24.1 Å². The number of nitrogens with zero attached hydrogens (tertiary/aromatic N) is 2. The largest absolute Gasteiger partial charge is 0.493 e. The Morgan fingerprint density at radius 2 is 1.79 bits per heavy atom. The van der Waals surface area contributed by atoms with E-state index in [0.29, 0.717) is 37.3 Å². The molecule has 2 aromatic rings. The fraction of sp³-hybridized carbons (Fsp3) is 0.381. The van der Waals surface area contributed by atoms with Crippen LogP contribution in [-0.4, -0.2) is 53.8 Å². The van der Waals surface area contributed by atoms with Crippen LogP contribution in [0.25, 0.3) is 11.0 Å². The Hall–Kier alpha value is -3.09. The number of fused-ring (bicyclic) bond motifs is 2. The minimum absolute atomic E-state index is 0.0927. The van der Waals surface area contributed by atoms with Crippen molar-refractivity contribution >= 4 is 28.7 Å². The van der Waals surface area contributed by atoms with E-state index in [2.05, 4.69) is 0 Å². The third-order valence-electron chi connectivity index (χ3n) is 5.99. The molecule has 2 atom stereocenters. The number of imide groups is 1. The lowest BCUT2D eigenvalue weighted by Crippen LogP contribution is -2.62. The van der Waals surface area contributed by atoms with Gasteiger partial charge in [-0.25, -0.2) is 0 Å². The minimum Gasteiger partial charge on any atom is -0.493 e. The molecule has 144 valence electrons. The van der Waals surface area contributed by atoms with E-state index in [0.717, 1.165) is 5.39 Å². The summed E-state index contributed by atoms with van der Waals surface area (Å²) in [5.41, 5.74) is 0.534. The molecule has 1 aromatic heterocycles. The Morgan fingerprint density at radius 3 is 2.43 bits per heavy atom. The number of para-hydroxylation sites is 1. The van der Waals surface area contributed by atoms with Gasteiger partial charge in [-0.15, -0.1) is 0 Å². The maximum atomic E-state index is 12.8. The summed E-state index contributed by atoms with van der Waals surface area (Å²) in [6.45, 7) is 0.689. The van der Waals surface area contributed by atoms with Crippen LogP contribution in [0, 0.1) is 11.8 Å². The number of ether oxygens (including phenoxy) is 1. The van der Waals surface area contributed by atoms with Crippen molar-refractivity contribution in [3.05, 3.63) is 42.2 Å². The predicted octanol–water partition coefficient (Wildman–Crippen LogP) is 2.22. The number of hydrogen-bond donors (Lipinski definition) is 0. The molecule has 5 rings (SSSR count). The van der Waals surface area contributed by atoms with Crippen LogP contribution in [0.4, 0.5) is 0 Å². The molecule has 0 N–H and O–H groups in total. The van der Waals surface area contributed by atoms with Crippen LogP contribution >= 0.6 is 0 Å². The van der Waals surface area contributed by atoms with Gasteiger partial charge in [-0.2, -0.15) is 0 Å². The lowest BCUT2D eigenvalue weighted by Gasteiger charge is -2.42. The maximum Gasteiger partial charge on any atom is 0.289 e. The van der Waals surface area contributed by atoms with Crippen LogP contribution in [-0.2, 0) is 9.59 Å². The van der Waals surface area contributed by atoms with Gasteiger partial charge in [0.05, 0.1) is 25.0 Å². The van der Waals surface area contributed by atoms with E-state index in [4.69, 9.17) is 9.15 Å². The summed E-state index contributed by atoms with van der Waals surface area (Å²) in [6.07, 6.45) is 5.20.